The van der Waals surface area contributed by atoms with Crippen LogP contribution in [0.25, 0.3) is 0 Å². The van der Waals surface area contributed by atoms with Crippen molar-refractivity contribution in [3.8, 4) is 5.75 Å². The maximum absolute atomic E-state index is 6.71. The third kappa shape index (κ3) is 6.18. The maximum atomic E-state index is 6.71. The molecule has 5 heteroatoms. The molecule has 0 aliphatic heterocycles. The van der Waals surface area contributed by atoms with E-state index in [1.54, 1.807) is 3.88 Å². The Morgan fingerprint density at radius 2 is 1.63 bits per heavy atom. The van der Waals surface area contributed by atoms with Crippen LogP contribution in [0.2, 0.25) is 18.1 Å². The van der Waals surface area contributed by atoms with Crippen LogP contribution in [0.4, 0.5) is 0 Å². The van der Waals surface area contributed by atoms with Gasteiger partial charge in [-0.15, -0.1) is 24.8 Å². The largest absolute Gasteiger partial charge is 0.147 e. The number of rotatable bonds is 4. The van der Waals surface area contributed by atoms with Gasteiger partial charge in [0.2, 0.25) is 0 Å². The Kier molecular flexibility index (Phi) is 10.0. The van der Waals surface area contributed by atoms with Gasteiger partial charge in [-0.1, -0.05) is 0 Å². The van der Waals surface area contributed by atoms with Crippen molar-refractivity contribution < 1.29 is 21.1 Å². The summed E-state index contributed by atoms with van der Waals surface area (Å²) in [6.45, 7) is 21.0. The molecule has 0 saturated heterocycles. The first-order chi connectivity index (χ1) is 11.4. The zero-order valence-electron chi connectivity index (χ0n) is 18.3. The molecule has 1 aromatic carbocycles. The molecular weight excluding hydrogens is 427 g/mol. The van der Waals surface area contributed by atoms with Crippen molar-refractivity contribution in [3.63, 3.8) is 0 Å². The predicted octanol–water partition coefficient (Wildman–Crippen LogP) is 6.91. The third-order valence-corrected chi connectivity index (χ3v) is 15.1. The topological polar surface area (TPSA) is 9.23 Å². The summed E-state index contributed by atoms with van der Waals surface area (Å²) in [5.74, 6) is 1.09. The fourth-order valence-electron chi connectivity index (χ4n) is 3.07. The van der Waals surface area contributed by atoms with Gasteiger partial charge in [-0.05, 0) is 0 Å². The van der Waals surface area contributed by atoms with Crippen LogP contribution in [-0.4, -0.2) is 11.9 Å². The maximum Gasteiger partial charge on any atom is -0.147 e. The first-order valence-corrected chi connectivity index (χ1v) is 14.5. The van der Waals surface area contributed by atoms with Gasteiger partial charge in [0.25, 0.3) is 0 Å². The van der Waals surface area contributed by atoms with Gasteiger partial charge in [0.05, 0.1) is 0 Å². The van der Waals surface area contributed by atoms with Crippen LogP contribution in [0.5, 0.6) is 5.75 Å². The summed E-state index contributed by atoms with van der Waals surface area (Å²) in [7, 11) is -1.56. The third-order valence-electron chi connectivity index (χ3n) is 5.76. The van der Waals surface area contributed by atoms with E-state index in [9.17, 15) is 0 Å². The molecule has 152 valence electrons. The molecule has 0 atom stereocenters. The van der Waals surface area contributed by atoms with Crippen molar-refractivity contribution in [2.24, 2.45) is 0 Å². The molecule has 0 unspecified atom stereocenters. The molecular formula is C22H36Cl2OSiTi. The van der Waals surface area contributed by atoms with Gasteiger partial charge in [-0.2, -0.15) is 0 Å². The van der Waals surface area contributed by atoms with Crippen LogP contribution in [0, 0.1) is 6.92 Å². The Labute approximate surface area is 186 Å². The second-order valence-electron chi connectivity index (χ2n) is 9.11. The minimum absolute atomic E-state index is 0. The average molecular weight is 463 g/mol. The van der Waals surface area contributed by atoms with Crippen molar-refractivity contribution in [1.29, 1.82) is 0 Å². The molecule has 1 aliphatic carbocycles. The monoisotopic (exact) mass is 462 g/mol. The van der Waals surface area contributed by atoms with Gasteiger partial charge < -0.3 is 0 Å². The molecule has 0 radical (unpaired) electrons. The number of hydrogen-bond donors (Lipinski definition) is 0. The van der Waals surface area contributed by atoms with Gasteiger partial charge in [0, 0.05) is 0 Å². The van der Waals surface area contributed by atoms with Crippen molar-refractivity contribution in [1.82, 2.24) is 0 Å². The number of benzene rings is 1. The van der Waals surface area contributed by atoms with E-state index >= 15 is 0 Å². The van der Waals surface area contributed by atoms with E-state index in [0.717, 1.165) is 12.2 Å². The first-order valence-electron chi connectivity index (χ1n) is 9.27. The van der Waals surface area contributed by atoms with Gasteiger partial charge in [0.1, 0.15) is 0 Å². The molecule has 27 heavy (non-hydrogen) atoms. The quantitative estimate of drug-likeness (QED) is 0.441. The normalized spacial score (nSPS) is 13.8. The molecule has 0 heterocycles. The van der Waals surface area contributed by atoms with E-state index in [2.05, 4.69) is 91.9 Å². The van der Waals surface area contributed by atoms with E-state index < -0.39 is 25.9 Å². The van der Waals surface area contributed by atoms with Crippen LogP contribution in [0.3, 0.4) is 0 Å². The second kappa shape index (κ2) is 10.1. The summed E-state index contributed by atoms with van der Waals surface area (Å²) in [4.78, 5) is 0. The zero-order chi connectivity index (χ0) is 19.0. The molecule has 1 aliphatic rings. The molecule has 0 N–H and O–H groups in total. The van der Waals surface area contributed by atoms with Gasteiger partial charge in [-0.3, -0.25) is 0 Å². The summed E-state index contributed by atoms with van der Waals surface area (Å²) in [5, 5.41) is 1.84. The number of hydrogen-bond acceptors (Lipinski definition) is 1. The first kappa shape index (κ1) is 26.9. The minimum Gasteiger partial charge on any atom is -0.147 e. The molecule has 0 fully saturated rings. The predicted molar refractivity (Wildman–Crippen MR) is 126 cm³/mol. The van der Waals surface area contributed by atoms with E-state index in [-0.39, 0.29) is 24.8 Å². The Morgan fingerprint density at radius 3 is 2.07 bits per heavy atom. The van der Waals surface area contributed by atoms with E-state index in [0.29, 0.717) is 5.04 Å². The van der Waals surface area contributed by atoms with E-state index in [1.165, 1.54) is 20.1 Å². The summed E-state index contributed by atoms with van der Waals surface area (Å²) in [6, 6.07) is 6.96. The fraction of sp³-hybridized carbons (Fsp3) is 0.500. The molecule has 0 saturated carbocycles. The molecule has 0 aromatic heterocycles. The Morgan fingerprint density at radius 1 is 1.04 bits per heavy atom. The number of allylic oxidation sites excluding steroid dienone is 4. The van der Waals surface area contributed by atoms with Crippen LogP contribution in [0.15, 0.2) is 39.8 Å². The molecule has 0 amide bonds. The SMILES string of the molecule is CC1=[C]([Ti]([O]c2cc(C)cc([Si](C)(C)C(C)(C)C)c2)=[C](C)C)CC=C1.Cl.Cl. The van der Waals surface area contributed by atoms with Gasteiger partial charge in [-0.25, -0.2) is 0 Å². The van der Waals surface area contributed by atoms with Crippen molar-refractivity contribution in [2.45, 2.75) is 73.0 Å². The summed E-state index contributed by atoms with van der Waals surface area (Å²) >= 11 is -1.85. The number of aryl methyl sites for hydroxylation is 1. The van der Waals surface area contributed by atoms with Crippen LogP contribution in [-0.2, 0) is 17.8 Å². The smallest absolute Gasteiger partial charge is 0.147 e. The van der Waals surface area contributed by atoms with Gasteiger partial charge >= 0.3 is 162 Å². The summed E-state index contributed by atoms with van der Waals surface area (Å²) in [5.41, 5.74) is 2.74. The zero-order valence-corrected chi connectivity index (χ0v) is 22.5. The summed E-state index contributed by atoms with van der Waals surface area (Å²) in [6.07, 6.45) is 5.61. The van der Waals surface area contributed by atoms with E-state index in [1.807, 2.05) is 0 Å². The fourth-order valence-corrected chi connectivity index (χ4v) is 8.20. The molecule has 1 aromatic rings. The molecule has 2 rings (SSSR count). The van der Waals surface area contributed by atoms with E-state index in [4.69, 9.17) is 3.32 Å². The minimum atomic E-state index is -1.85. The Bertz CT molecular complexity index is 767. The van der Waals surface area contributed by atoms with Crippen molar-refractivity contribution in [2.75, 3.05) is 0 Å². The molecule has 0 bridgehead atoms. The number of halogens is 2. The van der Waals surface area contributed by atoms with Crippen LogP contribution < -0.4 is 8.51 Å². The Balaban J connectivity index is 0.00000338. The Hall–Kier alpha value is -0.119. The van der Waals surface area contributed by atoms with Crippen molar-refractivity contribution in [3.05, 3.63) is 45.4 Å². The van der Waals surface area contributed by atoms with Crippen LogP contribution >= 0.6 is 24.8 Å². The molecule has 1 nitrogen and oxygen atoms in total. The van der Waals surface area contributed by atoms with Gasteiger partial charge in [0.15, 0.2) is 0 Å². The van der Waals surface area contributed by atoms with Crippen LogP contribution in [0.1, 0.15) is 53.5 Å². The molecule has 0 spiro atoms. The second-order valence-corrected chi connectivity index (χ2v) is 18.3. The summed E-state index contributed by atoms with van der Waals surface area (Å²) < 4.78 is 9.76. The average Bonchev–Trinajstić information content (AvgIpc) is 2.88. The standard InChI is InChI=1S/C13H22OSi.C6H7.C3H6.2ClH.Ti/c1-10-7-11(14)9-12(8-10)15(5,6)13(2,3)4;1-6-4-2-3-5-6;1-3-2;;;/h7-9,14H,1-6H3;2,4H,3H2,1H3;1-2H3;2*1H;/q;;;;;+1/p-1. The van der Waals surface area contributed by atoms with Crippen molar-refractivity contribution >= 4 is 41.9 Å².